The fraction of sp³-hybridized carbons (Fsp3) is 0.667. The molecule has 0 rings (SSSR count). The molecule has 0 aromatic carbocycles. The third-order valence-corrected chi connectivity index (χ3v) is 0.636. The number of carbonyl (C=O) groups is 1. The Morgan fingerprint density at radius 1 is 1.75 bits per heavy atom. The summed E-state index contributed by atoms with van der Waals surface area (Å²) in [5.41, 5.74) is 0. The third kappa shape index (κ3) is 9.91. The van der Waals surface area contributed by atoms with Gasteiger partial charge in [-0.3, -0.25) is 0 Å². The molecule has 0 amide bonds. The van der Waals surface area contributed by atoms with Gasteiger partial charge in [-0.05, 0) is 13.3 Å². The van der Waals surface area contributed by atoms with Crippen molar-refractivity contribution in [3.05, 3.63) is 6.92 Å². The minimum Gasteiger partial charge on any atom is -0.340 e. The first kappa shape index (κ1) is 11.6. The van der Waals surface area contributed by atoms with Gasteiger partial charge in [-0.15, -0.1) is 0 Å². The van der Waals surface area contributed by atoms with Gasteiger partial charge in [-0.2, -0.15) is 5.92 Å². The van der Waals surface area contributed by atoms with E-state index in [2.05, 4.69) is 6.92 Å². The van der Waals surface area contributed by atoms with Crippen molar-refractivity contribution in [3.63, 3.8) is 0 Å². The molecule has 0 aromatic heterocycles. The van der Waals surface area contributed by atoms with Crippen molar-refractivity contribution in [1.29, 1.82) is 0 Å². The van der Waals surface area contributed by atoms with Crippen LogP contribution in [0.25, 0.3) is 0 Å². The maximum Gasteiger partial charge on any atom is 0.127 e. The zero-order valence-corrected chi connectivity index (χ0v) is 8.32. The molecule has 1 unspecified atom stereocenters. The number of rotatable bonds is 2. The van der Waals surface area contributed by atoms with Crippen LogP contribution < -0.4 is 0 Å². The van der Waals surface area contributed by atoms with Gasteiger partial charge in [0.15, 0.2) is 0 Å². The molecule has 0 fully saturated rings. The van der Waals surface area contributed by atoms with Crippen LogP contribution in [0.15, 0.2) is 0 Å². The van der Waals surface area contributed by atoms with Crippen molar-refractivity contribution in [2.45, 2.75) is 20.3 Å². The van der Waals surface area contributed by atoms with Crippen molar-refractivity contribution in [2.24, 2.45) is 5.92 Å². The zero-order chi connectivity index (χ0) is 5.86. The zero-order valence-electron chi connectivity index (χ0n) is 5.48. The van der Waals surface area contributed by atoms with Crippen LogP contribution in [0.5, 0.6) is 0 Å². The predicted octanol–water partition coefficient (Wildman–Crippen LogP) is 1.43. The molecule has 0 N–H and O–H groups in total. The molecule has 0 aromatic rings. The number of hydrogen-bond acceptors (Lipinski definition) is 1. The Bertz CT molecular complexity index is 68.9. The molecule has 0 bridgehead atoms. The van der Waals surface area contributed by atoms with Crippen molar-refractivity contribution in [3.8, 4) is 0 Å². The molecule has 0 heterocycles. The maximum atomic E-state index is 10.2. The summed E-state index contributed by atoms with van der Waals surface area (Å²) in [6.07, 6.45) is 0.611. The molecular weight excluding hydrogens is 177 g/mol. The Kier molecular flexibility index (Phi) is 8.53. The van der Waals surface area contributed by atoms with Crippen molar-refractivity contribution in [2.75, 3.05) is 0 Å². The Balaban J connectivity index is 0. The number of ketones is 1. The van der Waals surface area contributed by atoms with Gasteiger partial charge in [0.2, 0.25) is 0 Å². The molecule has 0 saturated carbocycles. The van der Waals surface area contributed by atoms with E-state index in [-0.39, 0.29) is 44.4 Å². The summed E-state index contributed by atoms with van der Waals surface area (Å²) in [4.78, 5) is 10.2. The third-order valence-electron chi connectivity index (χ3n) is 0.636. The predicted molar refractivity (Wildman–Crippen MR) is 29.8 cm³/mol. The minimum atomic E-state index is 0. The molecule has 1 nitrogen and oxygen atoms in total. The van der Waals surface area contributed by atoms with Gasteiger partial charge in [0.25, 0.3) is 0 Å². The van der Waals surface area contributed by atoms with E-state index >= 15 is 0 Å². The first-order chi connectivity index (χ1) is 3.13. The van der Waals surface area contributed by atoms with Crippen molar-refractivity contribution >= 4 is 5.78 Å². The first-order valence-electron chi connectivity index (χ1n) is 2.45. The van der Waals surface area contributed by atoms with Crippen LogP contribution in [-0.4, -0.2) is 5.78 Å². The second kappa shape index (κ2) is 5.90. The molecule has 0 saturated heterocycles. The van der Waals surface area contributed by atoms with E-state index in [4.69, 9.17) is 0 Å². The second-order valence-electron chi connectivity index (χ2n) is 2.01. The molecule has 8 heavy (non-hydrogen) atoms. The molecule has 1 atom stereocenters. The summed E-state index contributed by atoms with van der Waals surface area (Å²) in [6, 6.07) is 0. The van der Waals surface area contributed by atoms with Crippen molar-refractivity contribution in [1.82, 2.24) is 0 Å². The van der Waals surface area contributed by atoms with E-state index in [0.717, 1.165) is 0 Å². The molecule has 2 heteroatoms. The van der Waals surface area contributed by atoms with Crippen molar-refractivity contribution < 1.29 is 37.5 Å². The van der Waals surface area contributed by atoms with Gasteiger partial charge in [-0.25, -0.2) is 0 Å². The van der Waals surface area contributed by atoms with Crippen LogP contribution in [0.2, 0.25) is 0 Å². The fourth-order valence-electron chi connectivity index (χ4n) is 0.491. The molecule has 1 radical (unpaired) electrons. The summed E-state index contributed by atoms with van der Waals surface area (Å²) < 4.78 is 0. The summed E-state index contributed by atoms with van der Waals surface area (Å²) in [5.74, 6) is 0.500. The minimum absolute atomic E-state index is 0. The Morgan fingerprint density at radius 3 is 2.12 bits per heavy atom. The summed E-state index contributed by atoms with van der Waals surface area (Å²) in [5, 5.41) is 0. The average molecular weight is 188 g/mol. The van der Waals surface area contributed by atoms with E-state index in [9.17, 15) is 4.79 Å². The van der Waals surface area contributed by atoms with Gasteiger partial charge >= 0.3 is 0 Å². The van der Waals surface area contributed by atoms with E-state index in [0.29, 0.717) is 6.42 Å². The van der Waals surface area contributed by atoms with E-state index < -0.39 is 0 Å². The second-order valence-corrected chi connectivity index (χ2v) is 2.01. The molecule has 0 spiro atoms. The van der Waals surface area contributed by atoms with Gasteiger partial charge in [0.1, 0.15) is 5.78 Å². The first-order valence-corrected chi connectivity index (χ1v) is 2.45. The number of carbonyl (C=O) groups excluding carboxylic acids is 1. The van der Waals surface area contributed by atoms with Gasteiger partial charge in [0.05, 0.1) is 0 Å². The van der Waals surface area contributed by atoms with Crippen LogP contribution in [0.3, 0.4) is 0 Å². The molecule has 0 aliphatic carbocycles. The molecule has 0 aliphatic rings. The number of Topliss-reactive ketones (excluding diaryl/α,β-unsaturated/α-hetero) is 1. The SMILES string of the molecule is [CH2-]C(C)CC(C)=O.[Y]. The van der Waals surface area contributed by atoms with Crippen LogP contribution in [0, 0.1) is 12.8 Å². The van der Waals surface area contributed by atoms with Gasteiger partial charge in [-0.1, -0.05) is 6.92 Å². The molecular formula is C6H11OY-. The van der Waals surface area contributed by atoms with E-state index in [1.807, 2.05) is 6.92 Å². The van der Waals surface area contributed by atoms with Crippen LogP contribution >= 0.6 is 0 Å². The van der Waals surface area contributed by atoms with E-state index in [1.54, 1.807) is 6.92 Å². The quantitative estimate of drug-likeness (QED) is 0.599. The summed E-state index contributed by atoms with van der Waals surface area (Å²) >= 11 is 0. The smallest absolute Gasteiger partial charge is 0.127 e. The number of hydrogen-bond donors (Lipinski definition) is 0. The standard InChI is InChI=1S/C6H11O.Y/c1-5(2)4-6(3)7;/h5H,1,4H2,2-3H3;/q-1;. The maximum absolute atomic E-state index is 10.2. The van der Waals surface area contributed by atoms with Gasteiger partial charge < -0.3 is 11.7 Å². The normalized spacial score (nSPS) is 11.9. The van der Waals surface area contributed by atoms with Crippen LogP contribution in [0.4, 0.5) is 0 Å². The fourth-order valence-corrected chi connectivity index (χ4v) is 0.491. The van der Waals surface area contributed by atoms with Crippen LogP contribution in [-0.2, 0) is 37.5 Å². The average Bonchev–Trinajstić information content (AvgIpc) is 1.27. The molecule has 0 aliphatic heterocycles. The summed E-state index contributed by atoms with van der Waals surface area (Å²) in [6.45, 7) is 7.17. The summed E-state index contributed by atoms with van der Waals surface area (Å²) in [7, 11) is 0. The Morgan fingerprint density at radius 2 is 2.12 bits per heavy atom. The van der Waals surface area contributed by atoms with Crippen LogP contribution in [0.1, 0.15) is 20.3 Å². The monoisotopic (exact) mass is 188 g/mol. The largest absolute Gasteiger partial charge is 0.340 e. The van der Waals surface area contributed by atoms with E-state index in [1.165, 1.54) is 0 Å². The van der Waals surface area contributed by atoms with Gasteiger partial charge in [0, 0.05) is 32.7 Å². The Hall–Kier alpha value is 0.774. The Labute approximate surface area is 76.1 Å². The molecule has 45 valence electrons. The topological polar surface area (TPSA) is 17.1 Å².